The van der Waals surface area contributed by atoms with E-state index in [1.807, 2.05) is 30.3 Å². The first-order valence-electron chi connectivity index (χ1n) is 7.11. The van der Waals surface area contributed by atoms with E-state index in [1.54, 1.807) is 0 Å². The number of benzene rings is 1. The van der Waals surface area contributed by atoms with Gasteiger partial charge in [0.1, 0.15) is 12.6 Å². The molecule has 5 N–H and O–H groups in total. The molecule has 0 unspecified atom stereocenters. The summed E-state index contributed by atoms with van der Waals surface area (Å²) in [6.07, 6.45) is 0.114. The van der Waals surface area contributed by atoms with E-state index >= 15 is 0 Å². The number of amides is 4. The number of nitrogens with one attached hydrogen (secondary N) is 1. The summed E-state index contributed by atoms with van der Waals surface area (Å²) in [5, 5.41) is 2.45. The van der Waals surface area contributed by atoms with Crippen molar-refractivity contribution in [2.75, 3.05) is 6.54 Å². The molecule has 0 saturated carbocycles. The molecule has 4 amide bonds. The van der Waals surface area contributed by atoms with Crippen LogP contribution in [0.4, 0.5) is 0 Å². The number of carbonyl (C=O) groups is 4. The van der Waals surface area contributed by atoms with E-state index in [4.69, 9.17) is 11.5 Å². The van der Waals surface area contributed by atoms with E-state index in [0.717, 1.165) is 10.5 Å². The van der Waals surface area contributed by atoms with Gasteiger partial charge in [-0.2, -0.15) is 0 Å². The molecular weight excluding hydrogens is 300 g/mol. The van der Waals surface area contributed by atoms with Crippen molar-refractivity contribution >= 4 is 23.6 Å². The fourth-order valence-electron chi connectivity index (χ4n) is 2.36. The van der Waals surface area contributed by atoms with Crippen LogP contribution in [0.1, 0.15) is 12.0 Å². The van der Waals surface area contributed by atoms with Gasteiger partial charge in [0, 0.05) is 0 Å². The van der Waals surface area contributed by atoms with E-state index in [9.17, 15) is 19.2 Å². The molecule has 2 atom stereocenters. The molecule has 23 heavy (non-hydrogen) atoms. The van der Waals surface area contributed by atoms with Crippen molar-refractivity contribution in [3.63, 3.8) is 0 Å². The van der Waals surface area contributed by atoms with Crippen molar-refractivity contribution in [2.24, 2.45) is 11.5 Å². The van der Waals surface area contributed by atoms with Crippen molar-refractivity contribution < 1.29 is 19.2 Å². The number of carbonyl (C=O) groups excluding carboxylic acids is 4. The number of rotatable bonds is 6. The second-order valence-electron chi connectivity index (χ2n) is 5.35. The molecule has 0 aromatic heterocycles. The summed E-state index contributed by atoms with van der Waals surface area (Å²) in [6.45, 7) is -0.486. The molecule has 0 bridgehead atoms. The molecule has 1 aromatic carbocycles. The average molecular weight is 318 g/mol. The molecule has 122 valence electrons. The van der Waals surface area contributed by atoms with Gasteiger partial charge in [0.25, 0.3) is 5.91 Å². The first-order valence-corrected chi connectivity index (χ1v) is 7.11. The molecule has 8 heteroatoms. The Hall–Kier alpha value is -2.74. The normalized spacial score (nSPS) is 18.8. The minimum Gasteiger partial charge on any atom is -0.368 e. The summed E-state index contributed by atoms with van der Waals surface area (Å²) in [5.41, 5.74) is 11.7. The molecule has 0 spiro atoms. The van der Waals surface area contributed by atoms with Gasteiger partial charge in [-0.05, 0) is 12.0 Å². The predicted octanol–water partition coefficient (Wildman–Crippen LogP) is -1.71. The van der Waals surface area contributed by atoms with Gasteiger partial charge < -0.3 is 16.8 Å². The zero-order valence-corrected chi connectivity index (χ0v) is 12.4. The van der Waals surface area contributed by atoms with Gasteiger partial charge in [0.15, 0.2) is 0 Å². The average Bonchev–Trinajstić information content (AvgIpc) is 2.75. The molecule has 1 aliphatic rings. The van der Waals surface area contributed by atoms with E-state index in [2.05, 4.69) is 5.32 Å². The largest absolute Gasteiger partial charge is 0.368 e. The van der Waals surface area contributed by atoms with Crippen molar-refractivity contribution in [2.45, 2.75) is 24.9 Å². The summed E-state index contributed by atoms with van der Waals surface area (Å²) in [6, 6.07) is 7.35. The number of nitrogens with two attached hydrogens (primary N) is 2. The zero-order chi connectivity index (χ0) is 17.0. The number of likely N-dealkylation sites (tertiary alicyclic amines) is 1. The third-order valence-electron chi connectivity index (χ3n) is 3.51. The summed E-state index contributed by atoms with van der Waals surface area (Å²) in [7, 11) is 0. The minimum atomic E-state index is -1.00. The predicted molar refractivity (Wildman–Crippen MR) is 80.6 cm³/mol. The third-order valence-corrected chi connectivity index (χ3v) is 3.51. The maximum atomic E-state index is 12.1. The molecule has 8 nitrogen and oxygen atoms in total. The number of imide groups is 1. The van der Waals surface area contributed by atoms with Gasteiger partial charge >= 0.3 is 0 Å². The topological polar surface area (TPSA) is 136 Å². The first-order chi connectivity index (χ1) is 10.9. The molecule has 0 aliphatic carbocycles. The third kappa shape index (κ3) is 4.13. The van der Waals surface area contributed by atoms with E-state index in [1.165, 1.54) is 0 Å². The van der Waals surface area contributed by atoms with Gasteiger partial charge in [-0.25, -0.2) is 0 Å². The highest BCUT2D eigenvalue weighted by molar-refractivity contribution is 6.08. The summed E-state index contributed by atoms with van der Waals surface area (Å²) >= 11 is 0. The van der Waals surface area contributed by atoms with Crippen LogP contribution in [0.3, 0.4) is 0 Å². The number of hydrogen-bond donors (Lipinski definition) is 3. The summed E-state index contributed by atoms with van der Waals surface area (Å²) < 4.78 is 0. The summed E-state index contributed by atoms with van der Waals surface area (Å²) in [4.78, 5) is 47.4. The quantitative estimate of drug-likeness (QED) is 0.536. The standard InChI is InChI=1S/C15H18N4O4/c16-10(6-9-4-2-1-3-5-9)14(22)18-11-7-13(21)19(15(11)23)8-12(17)20/h1-5,10-11H,6-8,16H2,(H2,17,20)(H,18,22)/t10-,11-/m0/s1. The Morgan fingerprint density at radius 2 is 1.91 bits per heavy atom. The van der Waals surface area contributed by atoms with E-state index < -0.39 is 42.3 Å². The highest BCUT2D eigenvalue weighted by Gasteiger charge is 2.40. The molecule has 1 aliphatic heterocycles. The lowest BCUT2D eigenvalue weighted by molar-refractivity contribution is -0.142. The Morgan fingerprint density at radius 1 is 1.26 bits per heavy atom. The Labute approximate surface area is 132 Å². The molecule has 1 heterocycles. The number of nitrogens with zero attached hydrogens (tertiary/aromatic N) is 1. The van der Waals surface area contributed by atoms with Crippen LogP contribution in [-0.4, -0.2) is 47.2 Å². The van der Waals surface area contributed by atoms with Crippen molar-refractivity contribution in [3.05, 3.63) is 35.9 Å². The van der Waals surface area contributed by atoms with Gasteiger partial charge in [-0.1, -0.05) is 30.3 Å². The van der Waals surface area contributed by atoms with Gasteiger partial charge in [-0.15, -0.1) is 0 Å². The first kappa shape index (κ1) is 16.6. The van der Waals surface area contributed by atoms with Crippen LogP contribution in [0, 0.1) is 0 Å². The monoisotopic (exact) mass is 318 g/mol. The lowest BCUT2D eigenvalue weighted by Crippen LogP contribution is -2.49. The molecule has 1 fully saturated rings. The van der Waals surface area contributed by atoms with Crippen LogP contribution < -0.4 is 16.8 Å². The van der Waals surface area contributed by atoms with Crippen LogP contribution in [-0.2, 0) is 25.6 Å². The van der Waals surface area contributed by atoms with Gasteiger partial charge in [-0.3, -0.25) is 24.1 Å². The lowest BCUT2D eigenvalue weighted by atomic mass is 10.1. The fourth-order valence-corrected chi connectivity index (χ4v) is 2.36. The molecule has 1 saturated heterocycles. The molecular formula is C15H18N4O4. The number of primary amides is 1. The van der Waals surface area contributed by atoms with Crippen LogP contribution in [0.15, 0.2) is 30.3 Å². The van der Waals surface area contributed by atoms with Crippen LogP contribution >= 0.6 is 0 Å². The van der Waals surface area contributed by atoms with E-state index in [0.29, 0.717) is 6.42 Å². The molecule has 2 rings (SSSR count). The maximum absolute atomic E-state index is 12.1. The van der Waals surface area contributed by atoms with Crippen molar-refractivity contribution in [1.29, 1.82) is 0 Å². The fraction of sp³-hybridized carbons (Fsp3) is 0.333. The second-order valence-corrected chi connectivity index (χ2v) is 5.35. The smallest absolute Gasteiger partial charge is 0.252 e. The minimum absolute atomic E-state index is 0.199. The molecule has 1 aromatic rings. The maximum Gasteiger partial charge on any atom is 0.252 e. The van der Waals surface area contributed by atoms with Crippen LogP contribution in [0.5, 0.6) is 0 Å². The van der Waals surface area contributed by atoms with Crippen LogP contribution in [0.2, 0.25) is 0 Å². The lowest BCUT2D eigenvalue weighted by Gasteiger charge is -2.16. The van der Waals surface area contributed by atoms with Crippen LogP contribution in [0.25, 0.3) is 0 Å². The SMILES string of the molecule is NC(=O)CN1C(=O)C[C@H](NC(=O)[C@@H](N)Cc2ccccc2)C1=O. The second kappa shape index (κ2) is 7.01. The van der Waals surface area contributed by atoms with Gasteiger partial charge in [0.05, 0.1) is 12.5 Å². The Kier molecular flexibility index (Phi) is 5.07. The van der Waals surface area contributed by atoms with E-state index in [-0.39, 0.29) is 6.42 Å². The highest BCUT2D eigenvalue weighted by atomic mass is 16.2. The van der Waals surface area contributed by atoms with Crippen molar-refractivity contribution in [1.82, 2.24) is 10.2 Å². The Balaban J connectivity index is 1.93. The van der Waals surface area contributed by atoms with Crippen molar-refractivity contribution in [3.8, 4) is 0 Å². The molecule has 0 radical (unpaired) electrons. The zero-order valence-electron chi connectivity index (χ0n) is 12.4. The van der Waals surface area contributed by atoms with Gasteiger partial charge in [0.2, 0.25) is 17.7 Å². The summed E-state index contributed by atoms with van der Waals surface area (Å²) in [5.74, 6) is -2.51. The number of hydrogen-bond acceptors (Lipinski definition) is 5. The highest BCUT2D eigenvalue weighted by Crippen LogP contribution is 2.13. The Morgan fingerprint density at radius 3 is 2.52 bits per heavy atom. The Bertz CT molecular complexity index is 632.